The summed E-state index contributed by atoms with van der Waals surface area (Å²) in [5.41, 5.74) is 5.53. The summed E-state index contributed by atoms with van der Waals surface area (Å²) in [6, 6.07) is 0.0274. The van der Waals surface area contributed by atoms with Gasteiger partial charge in [0.1, 0.15) is 11.5 Å². The minimum absolute atomic E-state index is 0.0274. The number of hydrogen-bond donors (Lipinski definition) is 2. The van der Waals surface area contributed by atoms with Crippen LogP contribution in [0.15, 0.2) is 22.2 Å². The minimum atomic E-state index is -0.392. The lowest BCUT2D eigenvalue weighted by atomic mass is 10.2. The number of aromatic nitrogens is 2. The Morgan fingerprint density at radius 2 is 2.10 bits per heavy atom. The fourth-order valence-corrected chi connectivity index (χ4v) is 2.01. The second-order valence-corrected chi connectivity index (χ2v) is 4.98. The molecule has 1 atom stereocenters. The maximum atomic E-state index is 12.2. The molecule has 3 N–H and O–H groups in total. The molecule has 1 rings (SSSR count). The molecule has 0 fully saturated rings. The van der Waals surface area contributed by atoms with Crippen LogP contribution >= 0.6 is 0 Å². The van der Waals surface area contributed by atoms with E-state index in [1.807, 2.05) is 13.8 Å². The van der Waals surface area contributed by atoms with Crippen molar-refractivity contribution in [1.82, 2.24) is 9.13 Å². The zero-order valence-corrected chi connectivity index (χ0v) is 12.5. The normalized spacial score (nSPS) is 12.2. The van der Waals surface area contributed by atoms with Crippen LogP contribution in [-0.2, 0) is 13.6 Å². The van der Waals surface area contributed by atoms with E-state index in [0.29, 0.717) is 13.0 Å². The predicted molar refractivity (Wildman–Crippen MR) is 83.2 cm³/mol. The average Bonchev–Trinajstić information content (AvgIpc) is 2.42. The molecule has 0 saturated heterocycles. The smallest absolute Gasteiger partial charge is 0.332 e. The summed E-state index contributed by atoms with van der Waals surface area (Å²) in [5, 5.41) is 3.07. The largest absolute Gasteiger partial charge is 0.383 e. The van der Waals surface area contributed by atoms with Gasteiger partial charge in [0.15, 0.2) is 0 Å². The zero-order valence-electron chi connectivity index (χ0n) is 12.5. The standard InChI is InChI=1S/C14H24N4O2/c1-5-7-9-18-12(15)11(16-10(3)8-6-2)13(19)17(4)14(18)20/h6,10,16H,2,5,7-9,15H2,1,3-4H3. The molecular weight excluding hydrogens is 256 g/mol. The molecule has 6 nitrogen and oxygen atoms in total. The van der Waals surface area contributed by atoms with Crippen LogP contribution in [-0.4, -0.2) is 15.2 Å². The Morgan fingerprint density at radius 1 is 1.45 bits per heavy atom. The van der Waals surface area contributed by atoms with Crippen LogP contribution in [0.1, 0.15) is 33.1 Å². The van der Waals surface area contributed by atoms with E-state index in [1.54, 1.807) is 6.08 Å². The van der Waals surface area contributed by atoms with Crippen molar-refractivity contribution in [2.45, 2.75) is 45.7 Å². The third kappa shape index (κ3) is 3.31. The molecule has 0 amide bonds. The molecule has 0 aliphatic rings. The van der Waals surface area contributed by atoms with Crippen LogP contribution in [0.3, 0.4) is 0 Å². The molecule has 0 radical (unpaired) electrons. The second-order valence-electron chi connectivity index (χ2n) is 4.98. The molecule has 20 heavy (non-hydrogen) atoms. The molecule has 1 aromatic heterocycles. The minimum Gasteiger partial charge on any atom is -0.383 e. The summed E-state index contributed by atoms with van der Waals surface area (Å²) < 4.78 is 2.54. The van der Waals surface area contributed by atoms with E-state index in [1.165, 1.54) is 11.6 Å². The Bertz CT molecular complexity index is 586. The van der Waals surface area contributed by atoms with E-state index in [9.17, 15) is 9.59 Å². The van der Waals surface area contributed by atoms with Crippen molar-refractivity contribution < 1.29 is 0 Å². The van der Waals surface area contributed by atoms with Gasteiger partial charge in [-0.1, -0.05) is 19.4 Å². The molecule has 0 saturated carbocycles. The van der Waals surface area contributed by atoms with Gasteiger partial charge in [-0.15, -0.1) is 6.58 Å². The second kappa shape index (κ2) is 6.98. The summed E-state index contributed by atoms with van der Waals surface area (Å²) in [6.45, 7) is 8.15. The number of nitrogens with one attached hydrogen (secondary N) is 1. The summed E-state index contributed by atoms with van der Waals surface area (Å²) in [7, 11) is 1.47. The van der Waals surface area contributed by atoms with Gasteiger partial charge in [-0.25, -0.2) is 4.79 Å². The number of hydrogen-bond acceptors (Lipinski definition) is 4. The van der Waals surface area contributed by atoms with Gasteiger partial charge in [-0.3, -0.25) is 13.9 Å². The van der Waals surface area contributed by atoms with Gasteiger partial charge >= 0.3 is 5.69 Å². The topological polar surface area (TPSA) is 82.0 Å². The fraction of sp³-hybridized carbons (Fsp3) is 0.571. The third-order valence-corrected chi connectivity index (χ3v) is 3.23. The highest BCUT2D eigenvalue weighted by Crippen LogP contribution is 2.13. The van der Waals surface area contributed by atoms with Crippen molar-refractivity contribution in [3.05, 3.63) is 33.5 Å². The predicted octanol–water partition coefficient (Wildman–Crippen LogP) is 1.31. The number of nitrogens with zero attached hydrogens (tertiary/aromatic N) is 2. The highest BCUT2D eigenvalue weighted by atomic mass is 16.2. The van der Waals surface area contributed by atoms with Crippen molar-refractivity contribution in [3.63, 3.8) is 0 Å². The van der Waals surface area contributed by atoms with E-state index in [4.69, 9.17) is 5.73 Å². The first-order valence-electron chi connectivity index (χ1n) is 6.90. The summed E-state index contributed by atoms with van der Waals surface area (Å²) in [6.07, 6.45) is 4.26. The van der Waals surface area contributed by atoms with Gasteiger partial charge in [0, 0.05) is 19.6 Å². The number of nitrogen functional groups attached to an aromatic ring is 1. The lowest BCUT2D eigenvalue weighted by molar-refractivity contribution is 0.574. The first-order chi connectivity index (χ1) is 9.43. The van der Waals surface area contributed by atoms with Gasteiger partial charge in [-0.2, -0.15) is 0 Å². The van der Waals surface area contributed by atoms with E-state index < -0.39 is 5.56 Å². The molecule has 1 unspecified atom stereocenters. The Kier molecular flexibility index (Phi) is 5.61. The third-order valence-electron chi connectivity index (χ3n) is 3.23. The van der Waals surface area contributed by atoms with Crippen LogP contribution in [0.25, 0.3) is 0 Å². The van der Waals surface area contributed by atoms with Gasteiger partial charge in [-0.05, 0) is 19.8 Å². The maximum absolute atomic E-state index is 12.2. The van der Waals surface area contributed by atoms with E-state index in [-0.39, 0.29) is 23.2 Å². The van der Waals surface area contributed by atoms with Crippen LogP contribution < -0.4 is 22.3 Å². The molecule has 0 spiro atoms. The van der Waals surface area contributed by atoms with Gasteiger partial charge in [0.25, 0.3) is 5.56 Å². The van der Waals surface area contributed by atoms with Crippen molar-refractivity contribution in [1.29, 1.82) is 0 Å². The van der Waals surface area contributed by atoms with E-state index in [0.717, 1.165) is 17.4 Å². The Labute approximate surface area is 118 Å². The van der Waals surface area contributed by atoms with Crippen molar-refractivity contribution in [2.75, 3.05) is 11.1 Å². The molecule has 6 heteroatoms. The first kappa shape index (κ1) is 16.1. The lowest BCUT2D eigenvalue weighted by Crippen LogP contribution is -2.41. The number of nitrogens with two attached hydrogens (primary N) is 1. The fourth-order valence-electron chi connectivity index (χ4n) is 2.01. The summed E-state index contributed by atoms with van der Waals surface area (Å²) in [5.74, 6) is 0.211. The van der Waals surface area contributed by atoms with Crippen LogP contribution in [0.4, 0.5) is 11.5 Å². The van der Waals surface area contributed by atoms with Crippen LogP contribution in [0.2, 0.25) is 0 Å². The van der Waals surface area contributed by atoms with Crippen molar-refractivity contribution in [3.8, 4) is 0 Å². The van der Waals surface area contributed by atoms with E-state index >= 15 is 0 Å². The molecule has 0 aliphatic heterocycles. The van der Waals surface area contributed by atoms with Gasteiger partial charge < -0.3 is 11.1 Å². The highest BCUT2D eigenvalue weighted by molar-refractivity contribution is 5.61. The Balaban J connectivity index is 3.29. The van der Waals surface area contributed by atoms with Crippen LogP contribution in [0.5, 0.6) is 0 Å². The molecule has 1 aromatic rings. The number of rotatable bonds is 7. The molecule has 1 heterocycles. The Hall–Kier alpha value is -1.98. The first-order valence-corrected chi connectivity index (χ1v) is 6.90. The Morgan fingerprint density at radius 3 is 2.65 bits per heavy atom. The molecule has 0 bridgehead atoms. The monoisotopic (exact) mass is 280 g/mol. The number of anilines is 2. The SMILES string of the molecule is C=CCC(C)Nc1c(N)n(CCCC)c(=O)n(C)c1=O. The van der Waals surface area contributed by atoms with E-state index in [2.05, 4.69) is 11.9 Å². The number of unbranched alkanes of at least 4 members (excludes halogenated alkanes) is 1. The summed E-state index contributed by atoms with van der Waals surface area (Å²) in [4.78, 5) is 24.2. The quantitative estimate of drug-likeness (QED) is 0.738. The zero-order chi connectivity index (χ0) is 15.3. The van der Waals surface area contributed by atoms with Crippen molar-refractivity contribution >= 4 is 11.5 Å². The molecular formula is C14H24N4O2. The lowest BCUT2D eigenvalue weighted by Gasteiger charge is -2.18. The summed E-state index contributed by atoms with van der Waals surface area (Å²) >= 11 is 0. The van der Waals surface area contributed by atoms with Gasteiger partial charge in [0.2, 0.25) is 0 Å². The molecule has 0 aromatic carbocycles. The molecule has 0 aliphatic carbocycles. The van der Waals surface area contributed by atoms with Gasteiger partial charge in [0.05, 0.1) is 0 Å². The molecule has 112 valence electrons. The van der Waals surface area contributed by atoms with Crippen LogP contribution in [0, 0.1) is 0 Å². The maximum Gasteiger partial charge on any atom is 0.332 e. The average molecular weight is 280 g/mol. The highest BCUT2D eigenvalue weighted by Gasteiger charge is 2.16. The van der Waals surface area contributed by atoms with Crippen molar-refractivity contribution in [2.24, 2.45) is 7.05 Å².